The number of benzene rings is 11. The highest BCUT2D eigenvalue weighted by Gasteiger charge is 2.28. The maximum atomic E-state index is 7.22. The molecule has 0 aliphatic carbocycles. The van der Waals surface area contributed by atoms with Crippen molar-refractivity contribution < 1.29 is 8.83 Å². The maximum absolute atomic E-state index is 7.22. The van der Waals surface area contributed by atoms with Crippen LogP contribution in [0.25, 0.3) is 87.7 Å². The lowest BCUT2D eigenvalue weighted by atomic mass is 9.87. The highest BCUT2D eigenvalue weighted by atomic mass is 16.3. The number of hydrogen-bond acceptors (Lipinski definition) is 4. The van der Waals surface area contributed by atoms with Gasteiger partial charge < -0.3 is 18.6 Å². The molecule has 0 radical (unpaired) electrons. The number of furan rings is 2. The van der Waals surface area contributed by atoms with E-state index in [9.17, 15) is 0 Å². The van der Waals surface area contributed by atoms with Crippen molar-refractivity contribution in [3.8, 4) is 22.3 Å². The van der Waals surface area contributed by atoms with Crippen molar-refractivity contribution in [1.29, 1.82) is 0 Å². The third-order valence-corrected chi connectivity index (χ3v) is 15.1. The standard InChI is InChI=1S/C70H56N2O2/c1-43(2)65-67-59-37-49-31-33-57(71(55-23-15-9-16-24-55)61-39-51(29-27-45(61)5)47-19-11-7-12-20-47)35-53(49)41-63(59)74-70(67)66(44(3)4)68-60-38-50-32-34-58(36-54(50)42-64(60)73-69(65)68)72(56-25-17-10-18-26-56)62-40-52(30-28-46(62)6)48-21-13-8-14-22-48/h7-44H,1-6H3. The average Bonchev–Trinajstić information content (AvgIpc) is 3.97. The molecule has 13 aromatic rings. The fourth-order valence-corrected chi connectivity index (χ4v) is 11.5. The van der Waals surface area contributed by atoms with Crippen LogP contribution in [0.4, 0.5) is 34.1 Å². The van der Waals surface area contributed by atoms with E-state index in [4.69, 9.17) is 8.83 Å². The summed E-state index contributed by atoms with van der Waals surface area (Å²) in [6, 6.07) is 79.0. The molecule has 0 saturated carbocycles. The van der Waals surface area contributed by atoms with Crippen LogP contribution < -0.4 is 9.80 Å². The molecule has 2 aromatic heterocycles. The van der Waals surface area contributed by atoms with Crippen LogP contribution in [-0.2, 0) is 0 Å². The lowest BCUT2D eigenvalue weighted by Gasteiger charge is -2.28. The minimum Gasteiger partial charge on any atom is -0.456 e. The Morgan fingerprint density at radius 2 is 0.703 bits per heavy atom. The first-order valence-corrected chi connectivity index (χ1v) is 25.9. The lowest BCUT2D eigenvalue weighted by Crippen LogP contribution is -2.11. The molecule has 0 bridgehead atoms. The molecule has 0 spiro atoms. The van der Waals surface area contributed by atoms with E-state index in [0.29, 0.717) is 0 Å². The molecule has 4 heteroatoms. The first-order valence-electron chi connectivity index (χ1n) is 25.9. The minimum atomic E-state index is 0.158. The van der Waals surface area contributed by atoms with Gasteiger partial charge in [0, 0.05) is 66.8 Å². The summed E-state index contributed by atoms with van der Waals surface area (Å²) in [5.41, 5.74) is 19.8. The summed E-state index contributed by atoms with van der Waals surface area (Å²) in [6.07, 6.45) is 0. The van der Waals surface area contributed by atoms with Crippen molar-refractivity contribution in [2.75, 3.05) is 9.80 Å². The summed E-state index contributed by atoms with van der Waals surface area (Å²) in [5, 5.41) is 9.08. The van der Waals surface area contributed by atoms with Gasteiger partial charge in [-0.1, -0.05) is 161 Å². The molecule has 0 saturated heterocycles. The number of fused-ring (bicyclic) bond motifs is 8. The predicted octanol–water partition coefficient (Wildman–Crippen LogP) is 20.9. The monoisotopic (exact) mass is 956 g/mol. The predicted molar refractivity (Wildman–Crippen MR) is 314 cm³/mol. The van der Waals surface area contributed by atoms with Crippen molar-refractivity contribution in [3.63, 3.8) is 0 Å². The number of rotatable bonds is 10. The quantitative estimate of drug-likeness (QED) is 0.137. The highest BCUT2D eigenvalue weighted by Crippen LogP contribution is 2.50. The van der Waals surface area contributed by atoms with E-state index >= 15 is 0 Å². The van der Waals surface area contributed by atoms with Gasteiger partial charge in [0.2, 0.25) is 0 Å². The molecule has 0 N–H and O–H groups in total. The normalized spacial score (nSPS) is 11.9. The van der Waals surface area contributed by atoms with E-state index in [1.807, 2.05) is 0 Å². The summed E-state index contributed by atoms with van der Waals surface area (Å²) in [6.45, 7) is 13.5. The van der Waals surface area contributed by atoms with E-state index in [1.165, 1.54) is 44.5 Å². The molecule has 0 amide bonds. The zero-order valence-electron chi connectivity index (χ0n) is 42.7. The molecular formula is C70H56N2O2. The van der Waals surface area contributed by atoms with E-state index in [2.05, 4.69) is 270 Å². The molecule has 11 aromatic carbocycles. The number of hydrogen-bond donors (Lipinski definition) is 0. The third-order valence-electron chi connectivity index (χ3n) is 15.1. The Balaban J connectivity index is 0.965. The Bertz CT molecular complexity index is 3990. The third kappa shape index (κ3) is 7.60. The van der Waals surface area contributed by atoms with Gasteiger partial charge in [-0.3, -0.25) is 0 Å². The van der Waals surface area contributed by atoms with Gasteiger partial charge >= 0.3 is 0 Å². The van der Waals surface area contributed by atoms with Gasteiger partial charge in [-0.25, -0.2) is 0 Å². The Morgan fingerprint density at radius 3 is 1.08 bits per heavy atom. The molecule has 4 nitrogen and oxygen atoms in total. The number of aryl methyl sites for hydroxylation is 2. The average molecular weight is 957 g/mol. The van der Waals surface area contributed by atoms with Crippen molar-refractivity contribution in [3.05, 3.63) is 241 Å². The van der Waals surface area contributed by atoms with E-state index in [0.717, 1.165) is 99.5 Å². The highest BCUT2D eigenvalue weighted by molar-refractivity contribution is 6.22. The zero-order chi connectivity index (χ0) is 50.2. The Kier molecular flexibility index (Phi) is 11.0. The minimum absolute atomic E-state index is 0.158. The fourth-order valence-electron chi connectivity index (χ4n) is 11.5. The van der Waals surface area contributed by atoms with Crippen LogP contribution >= 0.6 is 0 Å². The zero-order valence-corrected chi connectivity index (χ0v) is 42.7. The Morgan fingerprint density at radius 1 is 0.324 bits per heavy atom. The summed E-state index contributed by atoms with van der Waals surface area (Å²) in [7, 11) is 0. The second kappa shape index (κ2) is 18.0. The number of para-hydroxylation sites is 2. The van der Waals surface area contributed by atoms with Crippen molar-refractivity contribution >= 4 is 99.5 Å². The molecule has 0 aliphatic rings. The van der Waals surface area contributed by atoms with Crippen LogP contribution in [0.1, 0.15) is 61.8 Å². The van der Waals surface area contributed by atoms with Crippen LogP contribution in [0, 0.1) is 13.8 Å². The molecule has 0 unspecified atom stereocenters. The van der Waals surface area contributed by atoms with Crippen LogP contribution in [0.15, 0.2) is 227 Å². The summed E-state index contributed by atoms with van der Waals surface area (Å²) in [5.74, 6) is 0.315. The smallest absolute Gasteiger partial charge is 0.140 e. The van der Waals surface area contributed by atoms with Crippen molar-refractivity contribution in [2.24, 2.45) is 0 Å². The molecule has 0 aliphatic heterocycles. The topological polar surface area (TPSA) is 32.8 Å². The van der Waals surface area contributed by atoms with Crippen LogP contribution in [0.5, 0.6) is 0 Å². The summed E-state index contributed by atoms with van der Waals surface area (Å²) >= 11 is 0. The SMILES string of the molecule is Cc1ccc(-c2ccccc2)cc1N(c1ccccc1)c1ccc2cc3c(cc2c1)oc1c(C(C)C)c2c(oc4cc5cc(N(c6ccccc6)c6cc(-c7ccccc7)ccc6C)ccc5cc42)c(C(C)C)c13. The lowest BCUT2D eigenvalue weighted by molar-refractivity contribution is 0.649. The first-order chi connectivity index (χ1) is 36.2. The first kappa shape index (κ1) is 45.0. The van der Waals surface area contributed by atoms with Crippen LogP contribution in [-0.4, -0.2) is 0 Å². The molecule has 13 rings (SSSR count). The van der Waals surface area contributed by atoms with E-state index in [-0.39, 0.29) is 11.8 Å². The Hall–Kier alpha value is -8.86. The summed E-state index contributed by atoms with van der Waals surface area (Å²) < 4.78 is 14.4. The van der Waals surface area contributed by atoms with Crippen LogP contribution in [0.2, 0.25) is 0 Å². The number of nitrogens with zero attached hydrogens (tertiary/aromatic N) is 2. The van der Waals surface area contributed by atoms with Gasteiger partial charge in [0.1, 0.15) is 22.3 Å². The molecular weight excluding hydrogens is 901 g/mol. The van der Waals surface area contributed by atoms with Crippen molar-refractivity contribution in [1.82, 2.24) is 0 Å². The molecule has 2 heterocycles. The van der Waals surface area contributed by atoms with Gasteiger partial charge in [-0.05, 0) is 166 Å². The molecule has 0 atom stereocenters. The van der Waals surface area contributed by atoms with Gasteiger partial charge in [-0.15, -0.1) is 0 Å². The van der Waals surface area contributed by atoms with Crippen molar-refractivity contribution in [2.45, 2.75) is 53.4 Å². The van der Waals surface area contributed by atoms with Gasteiger partial charge in [-0.2, -0.15) is 0 Å². The number of anilines is 6. The van der Waals surface area contributed by atoms with Gasteiger partial charge in [0.15, 0.2) is 0 Å². The van der Waals surface area contributed by atoms with Gasteiger partial charge in [0.05, 0.1) is 0 Å². The summed E-state index contributed by atoms with van der Waals surface area (Å²) in [4.78, 5) is 4.76. The molecule has 0 fully saturated rings. The second-order valence-corrected chi connectivity index (χ2v) is 20.6. The van der Waals surface area contributed by atoms with Gasteiger partial charge in [0.25, 0.3) is 0 Å². The van der Waals surface area contributed by atoms with E-state index < -0.39 is 0 Å². The fraction of sp³-hybridized carbons (Fsp3) is 0.114. The van der Waals surface area contributed by atoms with E-state index in [1.54, 1.807) is 0 Å². The second-order valence-electron chi connectivity index (χ2n) is 20.6. The molecule has 74 heavy (non-hydrogen) atoms. The largest absolute Gasteiger partial charge is 0.456 e. The Labute approximate surface area is 432 Å². The maximum Gasteiger partial charge on any atom is 0.140 e. The van der Waals surface area contributed by atoms with Crippen LogP contribution in [0.3, 0.4) is 0 Å². The molecule has 358 valence electrons.